The third kappa shape index (κ3) is 5.20. The van der Waals surface area contributed by atoms with E-state index in [0.717, 1.165) is 31.5 Å². The number of hydrogen-bond acceptors (Lipinski definition) is 3. The van der Waals surface area contributed by atoms with E-state index in [1.807, 2.05) is 24.3 Å². The molecule has 116 valence electrons. The van der Waals surface area contributed by atoms with Crippen LogP contribution in [0.2, 0.25) is 0 Å². The molecule has 0 unspecified atom stereocenters. The average Bonchev–Trinajstić information content (AvgIpc) is 2.58. The Balaban J connectivity index is 1.72. The van der Waals surface area contributed by atoms with Gasteiger partial charge in [0.2, 0.25) is 0 Å². The fourth-order valence-electron chi connectivity index (χ4n) is 2.13. The van der Waals surface area contributed by atoms with Gasteiger partial charge in [0.1, 0.15) is 5.69 Å². The summed E-state index contributed by atoms with van der Waals surface area (Å²) in [6, 6.07) is 13.9. The number of benzene rings is 1. The van der Waals surface area contributed by atoms with Crippen molar-refractivity contribution in [2.75, 3.05) is 18.4 Å². The largest absolute Gasteiger partial charge is 0.384 e. The highest BCUT2D eigenvalue weighted by atomic mass is 16.1. The zero-order valence-electron chi connectivity index (χ0n) is 13.0. The van der Waals surface area contributed by atoms with E-state index in [-0.39, 0.29) is 5.91 Å². The van der Waals surface area contributed by atoms with Gasteiger partial charge in [0.05, 0.1) is 11.9 Å². The van der Waals surface area contributed by atoms with E-state index < -0.39 is 0 Å². The third-order valence-corrected chi connectivity index (χ3v) is 3.35. The van der Waals surface area contributed by atoms with Crippen molar-refractivity contribution in [1.29, 1.82) is 0 Å². The molecular weight excluding hydrogens is 274 g/mol. The smallest absolute Gasteiger partial charge is 0.269 e. The summed E-state index contributed by atoms with van der Waals surface area (Å²) in [6.45, 7) is 3.68. The Kier molecular flexibility index (Phi) is 6.42. The number of rotatable bonds is 8. The van der Waals surface area contributed by atoms with Crippen LogP contribution < -0.4 is 10.6 Å². The van der Waals surface area contributed by atoms with Crippen LogP contribution >= 0.6 is 0 Å². The van der Waals surface area contributed by atoms with Crippen molar-refractivity contribution in [3.05, 3.63) is 59.9 Å². The maximum absolute atomic E-state index is 12.0. The van der Waals surface area contributed by atoms with Crippen molar-refractivity contribution in [2.45, 2.75) is 26.2 Å². The maximum atomic E-state index is 12.0. The van der Waals surface area contributed by atoms with Crippen molar-refractivity contribution in [1.82, 2.24) is 10.3 Å². The average molecular weight is 297 g/mol. The van der Waals surface area contributed by atoms with Gasteiger partial charge in [0, 0.05) is 13.1 Å². The van der Waals surface area contributed by atoms with E-state index in [0.29, 0.717) is 12.2 Å². The summed E-state index contributed by atoms with van der Waals surface area (Å²) >= 11 is 0. The minimum atomic E-state index is -0.116. The summed E-state index contributed by atoms with van der Waals surface area (Å²) in [6.07, 6.45) is 4.65. The number of aromatic nitrogens is 1. The zero-order valence-corrected chi connectivity index (χ0v) is 13.0. The summed E-state index contributed by atoms with van der Waals surface area (Å²) in [7, 11) is 0. The van der Waals surface area contributed by atoms with Crippen molar-refractivity contribution >= 4 is 11.6 Å². The van der Waals surface area contributed by atoms with Gasteiger partial charge in [-0.3, -0.25) is 4.79 Å². The van der Waals surface area contributed by atoms with Gasteiger partial charge in [-0.2, -0.15) is 0 Å². The van der Waals surface area contributed by atoms with Crippen LogP contribution in [0.5, 0.6) is 0 Å². The first-order valence-corrected chi connectivity index (χ1v) is 7.81. The van der Waals surface area contributed by atoms with Crippen LogP contribution in [0.15, 0.2) is 48.7 Å². The molecule has 0 saturated heterocycles. The van der Waals surface area contributed by atoms with Crippen LogP contribution in [0.3, 0.4) is 0 Å². The standard InChI is InChI=1S/C18H23N3O/c1-2-12-19-16-10-11-17(21-14-16)18(22)20-13-6-9-15-7-4-3-5-8-15/h3-5,7-8,10-11,14,19H,2,6,9,12-13H2,1H3,(H,20,22). The molecule has 1 aromatic heterocycles. The first-order valence-electron chi connectivity index (χ1n) is 7.81. The topological polar surface area (TPSA) is 54.0 Å². The Morgan fingerprint density at radius 2 is 1.91 bits per heavy atom. The van der Waals surface area contributed by atoms with Gasteiger partial charge < -0.3 is 10.6 Å². The van der Waals surface area contributed by atoms with E-state index in [1.54, 1.807) is 12.3 Å². The van der Waals surface area contributed by atoms with Crippen LogP contribution in [0.4, 0.5) is 5.69 Å². The van der Waals surface area contributed by atoms with Crippen LogP contribution in [0, 0.1) is 0 Å². The minimum absolute atomic E-state index is 0.116. The predicted molar refractivity (Wildman–Crippen MR) is 90.1 cm³/mol. The minimum Gasteiger partial charge on any atom is -0.384 e. The Bertz CT molecular complexity index is 567. The van der Waals surface area contributed by atoms with E-state index in [1.165, 1.54) is 5.56 Å². The van der Waals surface area contributed by atoms with Crippen molar-refractivity contribution in [3.63, 3.8) is 0 Å². The van der Waals surface area contributed by atoms with E-state index >= 15 is 0 Å². The maximum Gasteiger partial charge on any atom is 0.269 e. The molecule has 4 heteroatoms. The molecule has 0 bridgehead atoms. The number of nitrogens with one attached hydrogen (secondary N) is 2. The molecule has 2 aromatic rings. The lowest BCUT2D eigenvalue weighted by Crippen LogP contribution is -2.25. The van der Waals surface area contributed by atoms with Crippen molar-refractivity contribution < 1.29 is 4.79 Å². The molecule has 1 heterocycles. The molecule has 22 heavy (non-hydrogen) atoms. The highest BCUT2D eigenvalue weighted by molar-refractivity contribution is 5.92. The summed E-state index contributed by atoms with van der Waals surface area (Å²) in [4.78, 5) is 16.2. The molecule has 0 atom stereocenters. The molecule has 0 aliphatic carbocycles. The van der Waals surface area contributed by atoms with Crippen molar-refractivity contribution in [3.8, 4) is 0 Å². The SMILES string of the molecule is CCCNc1ccc(C(=O)NCCCc2ccccc2)nc1. The second kappa shape index (κ2) is 8.82. The van der Waals surface area contributed by atoms with Crippen LogP contribution in [0.25, 0.3) is 0 Å². The van der Waals surface area contributed by atoms with Gasteiger partial charge in [0.15, 0.2) is 0 Å². The number of amides is 1. The number of pyridine rings is 1. The number of anilines is 1. The van der Waals surface area contributed by atoms with Gasteiger partial charge in [-0.25, -0.2) is 4.98 Å². The lowest BCUT2D eigenvalue weighted by molar-refractivity contribution is 0.0948. The van der Waals surface area contributed by atoms with Gasteiger partial charge in [0.25, 0.3) is 5.91 Å². The Morgan fingerprint density at radius 3 is 2.59 bits per heavy atom. The number of carbonyl (C=O) groups excluding carboxylic acids is 1. The molecule has 0 fully saturated rings. The predicted octanol–water partition coefficient (Wildman–Crippen LogP) is 3.27. The summed E-state index contributed by atoms with van der Waals surface area (Å²) in [5.74, 6) is -0.116. The normalized spacial score (nSPS) is 10.2. The van der Waals surface area contributed by atoms with E-state index in [4.69, 9.17) is 0 Å². The number of nitrogens with zero attached hydrogens (tertiary/aromatic N) is 1. The van der Waals surface area contributed by atoms with Gasteiger partial charge in [-0.15, -0.1) is 0 Å². The van der Waals surface area contributed by atoms with Crippen LogP contribution in [0.1, 0.15) is 35.8 Å². The monoisotopic (exact) mass is 297 g/mol. The Hall–Kier alpha value is -2.36. The molecule has 0 aliphatic heterocycles. The highest BCUT2D eigenvalue weighted by Gasteiger charge is 2.06. The number of carbonyl (C=O) groups is 1. The molecule has 0 spiro atoms. The zero-order chi connectivity index (χ0) is 15.6. The first-order chi connectivity index (χ1) is 10.8. The summed E-state index contributed by atoms with van der Waals surface area (Å²) in [5, 5.41) is 6.15. The molecule has 0 aliphatic rings. The van der Waals surface area contributed by atoms with Gasteiger partial charge in [-0.05, 0) is 37.0 Å². The third-order valence-electron chi connectivity index (χ3n) is 3.35. The number of hydrogen-bond donors (Lipinski definition) is 2. The highest BCUT2D eigenvalue weighted by Crippen LogP contribution is 2.06. The fraction of sp³-hybridized carbons (Fsp3) is 0.333. The Morgan fingerprint density at radius 1 is 1.09 bits per heavy atom. The molecule has 0 radical (unpaired) electrons. The van der Waals surface area contributed by atoms with Crippen molar-refractivity contribution in [2.24, 2.45) is 0 Å². The molecular formula is C18H23N3O. The second-order valence-corrected chi connectivity index (χ2v) is 5.20. The van der Waals surface area contributed by atoms with Crippen LogP contribution in [-0.2, 0) is 6.42 Å². The quantitative estimate of drug-likeness (QED) is 0.735. The fourth-order valence-corrected chi connectivity index (χ4v) is 2.13. The second-order valence-electron chi connectivity index (χ2n) is 5.20. The van der Waals surface area contributed by atoms with Crippen LogP contribution in [-0.4, -0.2) is 24.0 Å². The summed E-state index contributed by atoms with van der Waals surface area (Å²) in [5.41, 5.74) is 2.70. The molecule has 1 aromatic carbocycles. The molecule has 0 saturated carbocycles. The Labute approximate surface area is 132 Å². The molecule has 4 nitrogen and oxygen atoms in total. The molecule has 2 N–H and O–H groups in total. The molecule has 2 rings (SSSR count). The van der Waals surface area contributed by atoms with E-state index in [2.05, 4.69) is 34.7 Å². The summed E-state index contributed by atoms with van der Waals surface area (Å²) < 4.78 is 0. The van der Waals surface area contributed by atoms with E-state index in [9.17, 15) is 4.79 Å². The lowest BCUT2D eigenvalue weighted by atomic mass is 10.1. The van der Waals surface area contributed by atoms with Gasteiger partial charge in [-0.1, -0.05) is 37.3 Å². The van der Waals surface area contributed by atoms with Gasteiger partial charge >= 0.3 is 0 Å². The first kappa shape index (κ1) is 16.0. The molecule has 1 amide bonds. The number of aryl methyl sites for hydroxylation is 1. The lowest BCUT2D eigenvalue weighted by Gasteiger charge is -2.07.